The molecule has 0 saturated heterocycles. The van der Waals surface area contributed by atoms with E-state index in [9.17, 15) is 8.42 Å². The summed E-state index contributed by atoms with van der Waals surface area (Å²) in [5, 5.41) is 3.59. The number of sulfonamides is 1. The quantitative estimate of drug-likeness (QED) is 0.850. The van der Waals surface area contributed by atoms with Crippen LogP contribution in [-0.2, 0) is 10.0 Å². The van der Waals surface area contributed by atoms with Crippen LogP contribution in [0.25, 0.3) is 0 Å². The van der Waals surface area contributed by atoms with E-state index in [0.717, 1.165) is 25.1 Å². The molecule has 1 aromatic rings. The summed E-state index contributed by atoms with van der Waals surface area (Å²) in [6.45, 7) is 0.841. The lowest BCUT2D eigenvalue weighted by Crippen LogP contribution is -2.22. The van der Waals surface area contributed by atoms with Crippen molar-refractivity contribution in [2.24, 2.45) is 5.92 Å². The SMILES string of the molecule is CN(C)S(=O)(=O)c1ccc(NCC2CCCC2Cl)cc1. The fourth-order valence-electron chi connectivity index (χ4n) is 2.43. The van der Waals surface area contributed by atoms with E-state index in [-0.39, 0.29) is 5.38 Å². The zero-order valence-corrected chi connectivity index (χ0v) is 13.4. The number of hydrogen-bond acceptors (Lipinski definition) is 3. The second-order valence-electron chi connectivity index (χ2n) is 5.40. The topological polar surface area (TPSA) is 49.4 Å². The summed E-state index contributed by atoms with van der Waals surface area (Å²) in [6.07, 6.45) is 3.45. The fourth-order valence-corrected chi connectivity index (χ4v) is 3.70. The van der Waals surface area contributed by atoms with Gasteiger partial charge in [0.2, 0.25) is 10.0 Å². The summed E-state index contributed by atoms with van der Waals surface area (Å²) in [5.41, 5.74) is 0.929. The first kappa shape index (κ1) is 15.6. The van der Waals surface area contributed by atoms with E-state index in [2.05, 4.69) is 5.32 Å². The molecule has 1 saturated carbocycles. The first-order valence-electron chi connectivity index (χ1n) is 6.82. The minimum Gasteiger partial charge on any atom is -0.385 e. The maximum atomic E-state index is 11.9. The van der Waals surface area contributed by atoms with Crippen molar-refractivity contribution in [3.8, 4) is 0 Å². The third-order valence-electron chi connectivity index (χ3n) is 3.77. The summed E-state index contributed by atoms with van der Waals surface area (Å²) >= 11 is 6.24. The van der Waals surface area contributed by atoms with Gasteiger partial charge in [-0.15, -0.1) is 11.6 Å². The molecule has 0 bridgehead atoms. The average molecular weight is 317 g/mol. The normalized spacial score (nSPS) is 23.2. The molecule has 2 atom stereocenters. The highest BCUT2D eigenvalue weighted by molar-refractivity contribution is 7.89. The molecule has 0 spiro atoms. The third-order valence-corrected chi connectivity index (χ3v) is 6.17. The number of benzene rings is 1. The summed E-state index contributed by atoms with van der Waals surface area (Å²) < 4.78 is 25.1. The summed E-state index contributed by atoms with van der Waals surface area (Å²) in [5.74, 6) is 0.502. The molecule has 0 aromatic heterocycles. The summed E-state index contributed by atoms with van der Waals surface area (Å²) in [7, 11) is -0.289. The van der Waals surface area contributed by atoms with Gasteiger partial charge in [-0.1, -0.05) is 6.42 Å². The molecule has 0 radical (unpaired) electrons. The highest BCUT2D eigenvalue weighted by Crippen LogP contribution is 2.30. The molecular weight excluding hydrogens is 296 g/mol. The Balaban J connectivity index is 1.98. The average Bonchev–Trinajstić information content (AvgIpc) is 2.82. The molecule has 1 aliphatic carbocycles. The summed E-state index contributed by atoms with van der Waals surface area (Å²) in [6, 6.07) is 6.86. The van der Waals surface area contributed by atoms with Crippen LogP contribution in [0.4, 0.5) is 5.69 Å². The largest absolute Gasteiger partial charge is 0.385 e. The van der Waals surface area contributed by atoms with E-state index < -0.39 is 10.0 Å². The van der Waals surface area contributed by atoms with Crippen molar-refractivity contribution < 1.29 is 8.42 Å². The molecule has 1 aliphatic rings. The number of rotatable bonds is 5. The van der Waals surface area contributed by atoms with Crippen LogP contribution >= 0.6 is 11.6 Å². The van der Waals surface area contributed by atoms with Crippen LogP contribution in [0.5, 0.6) is 0 Å². The Morgan fingerprint density at radius 1 is 1.25 bits per heavy atom. The van der Waals surface area contributed by atoms with Gasteiger partial charge in [-0.3, -0.25) is 0 Å². The monoisotopic (exact) mass is 316 g/mol. The molecule has 0 heterocycles. The molecule has 20 heavy (non-hydrogen) atoms. The van der Waals surface area contributed by atoms with Crippen LogP contribution in [0.3, 0.4) is 0 Å². The second-order valence-corrected chi connectivity index (χ2v) is 8.11. The Morgan fingerprint density at radius 3 is 2.40 bits per heavy atom. The van der Waals surface area contributed by atoms with E-state index in [0.29, 0.717) is 10.8 Å². The molecule has 4 nitrogen and oxygen atoms in total. The highest BCUT2D eigenvalue weighted by Gasteiger charge is 2.24. The van der Waals surface area contributed by atoms with Gasteiger partial charge < -0.3 is 5.32 Å². The first-order valence-corrected chi connectivity index (χ1v) is 8.69. The van der Waals surface area contributed by atoms with E-state index in [1.54, 1.807) is 24.3 Å². The molecule has 1 aromatic carbocycles. The highest BCUT2D eigenvalue weighted by atomic mass is 35.5. The molecular formula is C14H21ClN2O2S. The molecule has 1 N–H and O–H groups in total. The van der Waals surface area contributed by atoms with Crippen LogP contribution in [0.15, 0.2) is 29.2 Å². The lowest BCUT2D eigenvalue weighted by Gasteiger charge is -2.16. The third kappa shape index (κ3) is 3.45. The number of alkyl halides is 1. The van der Waals surface area contributed by atoms with Crippen molar-refractivity contribution >= 4 is 27.3 Å². The molecule has 0 aliphatic heterocycles. The number of anilines is 1. The Kier molecular flexibility index (Phi) is 4.94. The van der Waals surface area contributed by atoms with Gasteiger partial charge in [0.1, 0.15) is 0 Å². The fraction of sp³-hybridized carbons (Fsp3) is 0.571. The van der Waals surface area contributed by atoms with Gasteiger partial charge in [0, 0.05) is 31.7 Å². The minimum absolute atomic E-state index is 0.260. The van der Waals surface area contributed by atoms with Gasteiger partial charge in [0.25, 0.3) is 0 Å². The number of nitrogens with zero attached hydrogens (tertiary/aromatic N) is 1. The number of nitrogens with one attached hydrogen (secondary N) is 1. The Hall–Kier alpha value is -0.780. The minimum atomic E-state index is -3.35. The Labute approximate surface area is 126 Å². The van der Waals surface area contributed by atoms with Crippen LogP contribution < -0.4 is 5.32 Å². The van der Waals surface area contributed by atoms with Crippen molar-refractivity contribution in [2.75, 3.05) is 26.0 Å². The predicted molar refractivity (Wildman–Crippen MR) is 82.8 cm³/mol. The van der Waals surface area contributed by atoms with E-state index >= 15 is 0 Å². The van der Waals surface area contributed by atoms with E-state index in [4.69, 9.17) is 11.6 Å². The predicted octanol–water partition coefficient (Wildman–Crippen LogP) is 2.76. The van der Waals surface area contributed by atoms with Gasteiger partial charge in [-0.25, -0.2) is 12.7 Å². The molecule has 2 rings (SSSR count). The Bertz CT molecular complexity index is 543. The smallest absolute Gasteiger partial charge is 0.242 e. The van der Waals surface area contributed by atoms with Crippen LogP contribution in [0, 0.1) is 5.92 Å². The molecule has 6 heteroatoms. The number of halogens is 1. The van der Waals surface area contributed by atoms with Crippen molar-refractivity contribution in [2.45, 2.75) is 29.5 Å². The van der Waals surface area contributed by atoms with Gasteiger partial charge >= 0.3 is 0 Å². The Morgan fingerprint density at radius 2 is 1.90 bits per heavy atom. The lowest BCUT2D eigenvalue weighted by atomic mass is 10.1. The van der Waals surface area contributed by atoms with E-state index in [1.807, 2.05) is 0 Å². The maximum Gasteiger partial charge on any atom is 0.242 e. The maximum absolute atomic E-state index is 11.9. The van der Waals surface area contributed by atoms with Crippen LogP contribution in [0.2, 0.25) is 0 Å². The molecule has 112 valence electrons. The van der Waals surface area contributed by atoms with Crippen molar-refractivity contribution in [3.05, 3.63) is 24.3 Å². The molecule has 2 unspecified atom stereocenters. The van der Waals surface area contributed by atoms with Gasteiger partial charge in [0.15, 0.2) is 0 Å². The van der Waals surface area contributed by atoms with Crippen molar-refractivity contribution in [1.82, 2.24) is 4.31 Å². The zero-order valence-electron chi connectivity index (χ0n) is 11.8. The van der Waals surface area contributed by atoms with Crippen LogP contribution in [-0.4, -0.2) is 38.7 Å². The molecule has 0 amide bonds. The van der Waals surface area contributed by atoms with Crippen LogP contribution in [0.1, 0.15) is 19.3 Å². The number of hydrogen-bond donors (Lipinski definition) is 1. The zero-order chi connectivity index (χ0) is 14.8. The van der Waals surface area contributed by atoms with Gasteiger partial charge in [-0.2, -0.15) is 0 Å². The van der Waals surface area contributed by atoms with E-state index in [1.165, 1.54) is 24.8 Å². The first-order chi connectivity index (χ1) is 9.41. The molecule has 1 fully saturated rings. The lowest BCUT2D eigenvalue weighted by molar-refractivity contribution is 0.521. The standard InChI is InChI=1S/C14H21ClN2O2S/c1-17(2)20(18,19)13-8-6-12(7-9-13)16-10-11-4-3-5-14(11)15/h6-9,11,14,16H,3-5,10H2,1-2H3. The van der Waals surface area contributed by atoms with Crippen molar-refractivity contribution in [3.63, 3.8) is 0 Å². The van der Waals surface area contributed by atoms with Gasteiger partial charge in [0.05, 0.1) is 4.90 Å². The summed E-state index contributed by atoms with van der Waals surface area (Å²) in [4.78, 5) is 0.309. The second kappa shape index (κ2) is 6.33. The van der Waals surface area contributed by atoms with Crippen molar-refractivity contribution in [1.29, 1.82) is 0 Å². The van der Waals surface area contributed by atoms with Gasteiger partial charge in [-0.05, 0) is 43.0 Å².